The van der Waals surface area contributed by atoms with Gasteiger partial charge in [0.15, 0.2) is 0 Å². The van der Waals surface area contributed by atoms with Crippen LogP contribution in [0.2, 0.25) is 0 Å². The van der Waals surface area contributed by atoms with Crippen molar-refractivity contribution in [2.24, 2.45) is 0 Å². The number of fused-ring (bicyclic) bond motifs is 1. The molecular weight excluding hydrogens is 483 g/mol. The summed E-state index contributed by atoms with van der Waals surface area (Å²) in [4.78, 5) is 31.3. The Bertz CT molecular complexity index is 1530. The molecule has 0 amide bonds. The number of carbonyl (C=O) groups is 1. The summed E-state index contributed by atoms with van der Waals surface area (Å²) in [5, 5.41) is 9.73. The van der Waals surface area contributed by atoms with Crippen molar-refractivity contribution in [3.05, 3.63) is 100 Å². The number of aromatic nitrogens is 1. The van der Waals surface area contributed by atoms with Gasteiger partial charge in [-0.2, -0.15) is 0 Å². The van der Waals surface area contributed by atoms with Crippen LogP contribution >= 0.6 is 0 Å². The maximum atomic E-state index is 15.5. The number of piperazine rings is 1. The van der Waals surface area contributed by atoms with Gasteiger partial charge in [0.05, 0.1) is 11.2 Å². The Hall–Kier alpha value is -4.17. The molecule has 0 spiro atoms. The molecule has 0 saturated carbocycles. The highest BCUT2D eigenvalue weighted by Crippen LogP contribution is 2.30. The molecule has 1 N–H and O–H groups in total. The summed E-state index contributed by atoms with van der Waals surface area (Å²) in [6.07, 6.45) is 1.34. The van der Waals surface area contributed by atoms with Gasteiger partial charge < -0.3 is 24.4 Å². The normalized spacial score (nSPS) is 15.9. The third-order valence-electron chi connectivity index (χ3n) is 7.07. The summed E-state index contributed by atoms with van der Waals surface area (Å²) in [7, 11) is 3.97. The van der Waals surface area contributed by atoms with Crippen LogP contribution in [0.25, 0.3) is 16.6 Å². The van der Waals surface area contributed by atoms with Gasteiger partial charge in [0.2, 0.25) is 5.43 Å². The second-order valence-electron chi connectivity index (χ2n) is 10.1. The number of nitrogens with zero attached hydrogens (tertiary/aromatic N) is 4. The molecule has 8 heteroatoms. The lowest BCUT2D eigenvalue weighted by atomic mass is 10.1. The van der Waals surface area contributed by atoms with Crippen molar-refractivity contribution < 1.29 is 14.3 Å². The van der Waals surface area contributed by atoms with E-state index in [1.807, 2.05) is 61.5 Å². The Balaban J connectivity index is 1.57. The first-order chi connectivity index (χ1) is 18.2. The summed E-state index contributed by atoms with van der Waals surface area (Å²) in [6, 6.07) is 20.9. The zero-order chi connectivity index (χ0) is 27.0. The molecule has 1 aromatic heterocycles. The fourth-order valence-corrected chi connectivity index (χ4v) is 5.25. The highest BCUT2D eigenvalue weighted by molar-refractivity contribution is 5.94. The standard InChI is InChI=1S/C30H31FN4O3/c1-20-17-33(13-14-34(20)22-7-5-4-6-8-22)28-16-27-24(15-26(28)31)29(36)25(30(37)38)19-35(27)23-11-9-21(10-12-23)18-32(2)3/h4-12,15-16,19-20H,13-14,17-18H2,1-3H3,(H,37,38). The van der Waals surface area contributed by atoms with Crippen LogP contribution in [0.5, 0.6) is 0 Å². The molecule has 0 aliphatic carbocycles. The minimum absolute atomic E-state index is 0.0412. The Morgan fingerprint density at radius 3 is 2.37 bits per heavy atom. The number of rotatable bonds is 6. The second kappa shape index (κ2) is 10.3. The average Bonchev–Trinajstić information content (AvgIpc) is 2.89. The van der Waals surface area contributed by atoms with Crippen LogP contribution in [0.15, 0.2) is 77.7 Å². The number of halogens is 1. The number of benzene rings is 3. The van der Waals surface area contributed by atoms with Crippen molar-refractivity contribution in [2.75, 3.05) is 43.5 Å². The number of hydrogen-bond acceptors (Lipinski definition) is 5. The molecule has 7 nitrogen and oxygen atoms in total. The molecule has 196 valence electrons. The average molecular weight is 515 g/mol. The SMILES string of the molecule is CC1CN(c2cc3c(cc2F)c(=O)c(C(=O)O)cn3-c2ccc(CN(C)C)cc2)CCN1c1ccccc1. The number of aromatic carboxylic acids is 1. The quantitative estimate of drug-likeness (QED) is 0.406. The number of para-hydroxylation sites is 1. The molecule has 5 rings (SSSR count). The monoisotopic (exact) mass is 514 g/mol. The van der Waals surface area contributed by atoms with Gasteiger partial charge >= 0.3 is 5.97 Å². The molecule has 1 aliphatic rings. The first kappa shape index (κ1) is 25.5. The molecule has 1 saturated heterocycles. The molecule has 1 unspecified atom stereocenters. The van der Waals surface area contributed by atoms with E-state index in [1.54, 1.807) is 10.6 Å². The van der Waals surface area contributed by atoms with Crippen LogP contribution in [0.4, 0.5) is 15.8 Å². The second-order valence-corrected chi connectivity index (χ2v) is 10.1. The Morgan fingerprint density at radius 1 is 1.03 bits per heavy atom. The zero-order valence-corrected chi connectivity index (χ0v) is 21.8. The third kappa shape index (κ3) is 4.87. The highest BCUT2D eigenvalue weighted by atomic mass is 19.1. The summed E-state index contributed by atoms with van der Waals surface area (Å²) in [6.45, 7) is 4.81. The van der Waals surface area contributed by atoms with Gasteiger partial charge in [-0.1, -0.05) is 30.3 Å². The van der Waals surface area contributed by atoms with E-state index in [0.717, 1.165) is 24.3 Å². The Kier molecular flexibility index (Phi) is 6.91. The molecule has 0 radical (unpaired) electrons. The van der Waals surface area contributed by atoms with Gasteiger partial charge in [-0.3, -0.25) is 4.79 Å². The molecule has 0 bridgehead atoms. The number of hydrogen-bond donors (Lipinski definition) is 1. The van der Waals surface area contributed by atoms with Gasteiger partial charge in [-0.05, 0) is 63.0 Å². The van der Waals surface area contributed by atoms with Crippen LogP contribution in [0.1, 0.15) is 22.8 Å². The van der Waals surface area contributed by atoms with Crippen molar-refractivity contribution in [1.82, 2.24) is 9.47 Å². The maximum Gasteiger partial charge on any atom is 0.341 e. The van der Waals surface area contributed by atoms with Gasteiger partial charge in [-0.15, -0.1) is 0 Å². The van der Waals surface area contributed by atoms with Crippen LogP contribution in [-0.2, 0) is 6.54 Å². The lowest BCUT2D eigenvalue weighted by Crippen LogP contribution is -2.52. The van der Waals surface area contributed by atoms with Crippen LogP contribution in [0, 0.1) is 5.82 Å². The number of carboxylic acid groups (broad SMARTS) is 1. The van der Waals surface area contributed by atoms with E-state index in [-0.39, 0.29) is 11.4 Å². The van der Waals surface area contributed by atoms with E-state index in [1.165, 1.54) is 12.3 Å². The predicted octanol–water partition coefficient (Wildman–Crippen LogP) is 4.60. The lowest BCUT2D eigenvalue weighted by Gasteiger charge is -2.42. The van der Waals surface area contributed by atoms with Gasteiger partial charge in [0.25, 0.3) is 0 Å². The summed E-state index contributed by atoms with van der Waals surface area (Å²) >= 11 is 0. The Morgan fingerprint density at radius 2 is 1.74 bits per heavy atom. The Labute approximate surface area is 220 Å². The first-order valence-electron chi connectivity index (χ1n) is 12.7. The molecule has 38 heavy (non-hydrogen) atoms. The summed E-state index contributed by atoms with van der Waals surface area (Å²) in [5.41, 5.74) is 2.70. The number of pyridine rings is 1. The van der Waals surface area contributed by atoms with Crippen molar-refractivity contribution in [3.63, 3.8) is 0 Å². The summed E-state index contributed by atoms with van der Waals surface area (Å²) in [5.74, 6) is -1.88. The summed E-state index contributed by atoms with van der Waals surface area (Å²) < 4.78 is 17.2. The molecule has 1 fully saturated rings. The van der Waals surface area contributed by atoms with Gasteiger partial charge in [0.1, 0.15) is 11.4 Å². The van der Waals surface area contributed by atoms with Crippen LogP contribution < -0.4 is 15.2 Å². The number of carboxylic acids is 1. The fraction of sp³-hybridized carbons (Fsp3) is 0.267. The van der Waals surface area contributed by atoms with E-state index in [9.17, 15) is 14.7 Å². The number of anilines is 2. The van der Waals surface area contributed by atoms with Crippen molar-refractivity contribution in [2.45, 2.75) is 19.5 Å². The van der Waals surface area contributed by atoms with E-state index in [0.29, 0.717) is 30.0 Å². The zero-order valence-electron chi connectivity index (χ0n) is 21.8. The minimum Gasteiger partial charge on any atom is -0.477 e. The predicted molar refractivity (Wildman–Crippen MR) is 149 cm³/mol. The molecule has 1 aliphatic heterocycles. The maximum absolute atomic E-state index is 15.5. The van der Waals surface area contributed by atoms with Crippen molar-refractivity contribution in [1.29, 1.82) is 0 Å². The largest absolute Gasteiger partial charge is 0.477 e. The lowest BCUT2D eigenvalue weighted by molar-refractivity contribution is 0.0695. The molecule has 2 heterocycles. The molecule has 3 aromatic carbocycles. The van der Waals surface area contributed by atoms with E-state index in [4.69, 9.17) is 0 Å². The van der Waals surface area contributed by atoms with Crippen LogP contribution in [0.3, 0.4) is 0 Å². The minimum atomic E-state index is -1.34. The first-order valence-corrected chi connectivity index (χ1v) is 12.7. The molecule has 1 atom stereocenters. The highest BCUT2D eigenvalue weighted by Gasteiger charge is 2.27. The van der Waals surface area contributed by atoms with Crippen molar-refractivity contribution >= 4 is 28.2 Å². The topological polar surface area (TPSA) is 69.0 Å². The van der Waals surface area contributed by atoms with E-state index >= 15 is 4.39 Å². The third-order valence-corrected chi connectivity index (χ3v) is 7.07. The molecule has 4 aromatic rings. The fourth-order valence-electron chi connectivity index (χ4n) is 5.25. The van der Waals surface area contributed by atoms with Gasteiger partial charge in [-0.25, -0.2) is 9.18 Å². The smallest absolute Gasteiger partial charge is 0.341 e. The molecular formula is C30H31FN4O3. The van der Waals surface area contributed by atoms with E-state index in [2.05, 4.69) is 28.9 Å². The van der Waals surface area contributed by atoms with Crippen molar-refractivity contribution in [3.8, 4) is 5.69 Å². The van der Waals surface area contributed by atoms with Crippen LogP contribution in [-0.4, -0.2) is 60.3 Å². The van der Waals surface area contributed by atoms with Gasteiger partial charge in [0, 0.05) is 55.2 Å². The van der Waals surface area contributed by atoms with E-state index < -0.39 is 22.8 Å².